The van der Waals surface area contributed by atoms with E-state index in [0.717, 1.165) is 76.1 Å². The van der Waals surface area contributed by atoms with E-state index in [9.17, 15) is 12.8 Å². The molecule has 41 heavy (non-hydrogen) atoms. The molecule has 2 fully saturated rings. The highest BCUT2D eigenvalue weighted by atomic mass is 32.2. The predicted octanol–water partition coefficient (Wildman–Crippen LogP) is 4.49. The number of piperazine rings is 1. The molecule has 2 aromatic carbocycles. The maximum absolute atomic E-state index is 15.3. The smallest absolute Gasteiger partial charge is 0.261 e. The van der Waals surface area contributed by atoms with Gasteiger partial charge in [-0.25, -0.2) is 27.2 Å². The third-order valence-electron chi connectivity index (χ3n) is 8.40. The molecule has 4 aromatic rings. The second-order valence-corrected chi connectivity index (χ2v) is 12.6. The zero-order valence-electron chi connectivity index (χ0n) is 22.8. The first-order chi connectivity index (χ1) is 19.7. The van der Waals surface area contributed by atoms with Crippen LogP contribution in [0.15, 0.2) is 59.9 Å². The van der Waals surface area contributed by atoms with Gasteiger partial charge in [-0.2, -0.15) is 0 Å². The van der Waals surface area contributed by atoms with Crippen LogP contribution in [0, 0.1) is 11.6 Å². The van der Waals surface area contributed by atoms with Crippen molar-refractivity contribution in [1.82, 2.24) is 24.3 Å². The van der Waals surface area contributed by atoms with Crippen molar-refractivity contribution in [3.05, 3.63) is 66.6 Å². The van der Waals surface area contributed by atoms with E-state index in [1.54, 1.807) is 6.07 Å². The van der Waals surface area contributed by atoms with Crippen molar-refractivity contribution in [3.8, 4) is 11.1 Å². The fourth-order valence-corrected chi connectivity index (χ4v) is 7.14. The van der Waals surface area contributed by atoms with Crippen molar-refractivity contribution < 1.29 is 17.2 Å². The number of aromatic nitrogens is 3. The Morgan fingerprint density at radius 3 is 2.29 bits per heavy atom. The minimum atomic E-state index is -4.10. The Bertz CT molecular complexity index is 1660. The van der Waals surface area contributed by atoms with Crippen LogP contribution in [0.3, 0.4) is 0 Å². The van der Waals surface area contributed by atoms with Crippen LogP contribution < -0.4 is 10.5 Å². The largest absolute Gasteiger partial charge is 0.383 e. The fourth-order valence-electron chi connectivity index (χ4n) is 6.08. The summed E-state index contributed by atoms with van der Waals surface area (Å²) in [4.78, 5) is 13.6. The summed E-state index contributed by atoms with van der Waals surface area (Å²) in [6.45, 7) is 4.41. The van der Waals surface area contributed by atoms with Gasteiger partial charge in [-0.15, -0.1) is 0 Å². The Hall–Kier alpha value is -3.61. The van der Waals surface area contributed by atoms with Gasteiger partial charge in [0, 0.05) is 50.0 Å². The van der Waals surface area contributed by atoms with Gasteiger partial charge in [-0.3, -0.25) is 9.62 Å². The highest BCUT2D eigenvalue weighted by Gasteiger charge is 2.30. The van der Waals surface area contributed by atoms with Gasteiger partial charge in [0.1, 0.15) is 29.4 Å². The topological polar surface area (TPSA) is 109 Å². The van der Waals surface area contributed by atoms with Crippen LogP contribution in [0.5, 0.6) is 0 Å². The molecular weight excluding hydrogens is 548 g/mol. The maximum atomic E-state index is 15.3. The van der Waals surface area contributed by atoms with E-state index in [2.05, 4.69) is 36.1 Å². The number of anilines is 2. The molecule has 1 saturated heterocycles. The Morgan fingerprint density at radius 2 is 1.61 bits per heavy atom. The molecule has 1 saturated carbocycles. The second kappa shape index (κ2) is 11.0. The molecule has 0 bridgehead atoms. The predicted molar refractivity (Wildman–Crippen MR) is 155 cm³/mol. The Kier molecular flexibility index (Phi) is 7.39. The fraction of sp³-hybridized carbons (Fsp3) is 0.379. The van der Waals surface area contributed by atoms with Crippen molar-refractivity contribution in [2.45, 2.75) is 42.7 Å². The molecule has 1 aliphatic carbocycles. The van der Waals surface area contributed by atoms with E-state index in [4.69, 9.17) is 5.73 Å². The molecule has 1 aliphatic heterocycles. The van der Waals surface area contributed by atoms with E-state index < -0.39 is 21.7 Å². The molecule has 2 aliphatic rings. The number of rotatable bonds is 6. The molecule has 12 heteroatoms. The Balaban J connectivity index is 1.26. The van der Waals surface area contributed by atoms with Gasteiger partial charge in [0.05, 0.1) is 16.0 Å². The molecular formula is C29H33F2N7O2S. The van der Waals surface area contributed by atoms with Crippen LogP contribution in [0.1, 0.15) is 31.7 Å². The second-order valence-electron chi connectivity index (χ2n) is 11.0. The summed E-state index contributed by atoms with van der Waals surface area (Å²) in [6.07, 6.45) is 7.61. The van der Waals surface area contributed by atoms with Crippen LogP contribution in [-0.2, 0) is 10.0 Å². The molecule has 0 unspecified atom stereocenters. The number of fused-ring (bicyclic) bond motifs is 1. The number of nitrogens with zero attached hydrogens (tertiary/aromatic N) is 5. The molecule has 2 aromatic heterocycles. The van der Waals surface area contributed by atoms with Crippen molar-refractivity contribution >= 4 is 32.6 Å². The summed E-state index contributed by atoms with van der Waals surface area (Å²) >= 11 is 0. The van der Waals surface area contributed by atoms with Gasteiger partial charge < -0.3 is 15.2 Å². The van der Waals surface area contributed by atoms with Gasteiger partial charge in [0.2, 0.25) is 0 Å². The lowest BCUT2D eigenvalue weighted by atomic mass is 9.89. The summed E-state index contributed by atoms with van der Waals surface area (Å²) in [7, 11) is -1.94. The first-order valence-corrected chi connectivity index (χ1v) is 15.3. The number of sulfonamides is 1. The number of likely N-dealkylation sites (N-methyl/N-ethyl adjacent to an activating group) is 1. The number of halogens is 2. The van der Waals surface area contributed by atoms with Crippen molar-refractivity contribution in [2.24, 2.45) is 0 Å². The minimum Gasteiger partial charge on any atom is -0.383 e. The maximum Gasteiger partial charge on any atom is 0.261 e. The van der Waals surface area contributed by atoms with E-state index in [-0.39, 0.29) is 16.6 Å². The highest BCUT2D eigenvalue weighted by Crippen LogP contribution is 2.39. The average molecular weight is 582 g/mol. The average Bonchev–Trinajstić information content (AvgIpc) is 3.36. The van der Waals surface area contributed by atoms with Gasteiger partial charge in [0.15, 0.2) is 0 Å². The van der Waals surface area contributed by atoms with Gasteiger partial charge in [-0.05, 0) is 74.7 Å². The molecule has 3 N–H and O–H groups in total. The Labute approximate surface area is 238 Å². The van der Waals surface area contributed by atoms with Gasteiger partial charge in [-0.1, -0.05) is 6.07 Å². The van der Waals surface area contributed by atoms with Crippen LogP contribution in [0.25, 0.3) is 22.2 Å². The summed E-state index contributed by atoms with van der Waals surface area (Å²) in [5.74, 6) is -1.02. The van der Waals surface area contributed by atoms with E-state index in [0.29, 0.717) is 34.0 Å². The quantitative estimate of drug-likeness (QED) is 0.345. The SMILES string of the molecule is CN1CCN([C@H]2CC[C@@H](n3cc(-c4ccc(NS(=O)(=O)c5ccc(F)cc5)c(F)c4)c4c(N)ncnc43)CC2)CC1. The summed E-state index contributed by atoms with van der Waals surface area (Å²) in [5, 5.41) is 0.646. The zero-order chi connectivity index (χ0) is 28.7. The number of nitrogens with two attached hydrogens (primary N) is 1. The summed E-state index contributed by atoms with van der Waals surface area (Å²) in [6, 6.07) is 9.43. The molecule has 0 amide bonds. The van der Waals surface area contributed by atoms with Gasteiger partial charge in [0.25, 0.3) is 10.0 Å². The van der Waals surface area contributed by atoms with Crippen molar-refractivity contribution in [1.29, 1.82) is 0 Å². The van der Waals surface area contributed by atoms with Crippen molar-refractivity contribution in [3.63, 3.8) is 0 Å². The van der Waals surface area contributed by atoms with E-state index >= 15 is 4.39 Å². The van der Waals surface area contributed by atoms with Crippen LogP contribution >= 0.6 is 0 Å². The molecule has 216 valence electrons. The first kappa shape index (κ1) is 27.6. The molecule has 6 rings (SSSR count). The molecule has 0 spiro atoms. The summed E-state index contributed by atoms with van der Waals surface area (Å²) in [5.41, 5.74) is 8.02. The normalized spacial score (nSPS) is 20.9. The van der Waals surface area contributed by atoms with Crippen molar-refractivity contribution in [2.75, 3.05) is 43.7 Å². The summed E-state index contributed by atoms with van der Waals surface area (Å²) < 4.78 is 58.4. The third-order valence-corrected chi connectivity index (χ3v) is 9.78. The van der Waals surface area contributed by atoms with Crippen LogP contribution in [0.2, 0.25) is 0 Å². The molecule has 0 atom stereocenters. The molecule has 0 radical (unpaired) electrons. The third kappa shape index (κ3) is 5.51. The lowest BCUT2D eigenvalue weighted by molar-refractivity contribution is 0.0828. The monoisotopic (exact) mass is 581 g/mol. The lowest BCUT2D eigenvalue weighted by Gasteiger charge is -2.41. The Morgan fingerprint density at radius 1 is 0.927 bits per heavy atom. The number of hydrogen-bond acceptors (Lipinski definition) is 7. The number of hydrogen-bond donors (Lipinski definition) is 2. The highest BCUT2D eigenvalue weighted by molar-refractivity contribution is 7.92. The first-order valence-electron chi connectivity index (χ1n) is 13.8. The lowest BCUT2D eigenvalue weighted by Crippen LogP contribution is -2.49. The van der Waals surface area contributed by atoms with Crippen LogP contribution in [0.4, 0.5) is 20.3 Å². The molecule has 9 nitrogen and oxygen atoms in total. The number of nitrogen functional groups attached to an aromatic ring is 1. The standard InChI is InChI=1S/C29H33F2N7O2S/c1-36-12-14-37(15-13-36)21-5-7-22(8-6-21)38-17-24(27-28(32)33-18-34-29(27)38)19-2-11-26(25(31)16-19)35-41(39,40)23-9-3-20(30)4-10-23/h2-4,9-11,16-18,21-22,35H,5-8,12-15H2,1H3,(H2,32,33,34)/t21-,22+. The van der Waals surface area contributed by atoms with Gasteiger partial charge >= 0.3 is 0 Å². The number of nitrogens with one attached hydrogen (secondary N) is 1. The molecule has 3 heterocycles. The number of benzene rings is 2. The van der Waals surface area contributed by atoms with Crippen LogP contribution in [-0.4, -0.2) is 72.0 Å². The van der Waals surface area contributed by atoms with E-state index in [1.807, 2.05) is 6.20 Å². The minimum absolute atomic E-state index is 0.169. The van der Waals surface area contributed by atoms with E-state index in [1.165, 1.54) is 18.5 Å². The zero-order valence-corrected chi connectivity index (χ0v) is 23.6.